The van der Waals surface area contributed by atoms with Crippen molar-refractivity contribution < 1.29 is 21.1 Å². The predicted octanol–water partition coefficient (Wildman–Crippen LogP) is 11.0. The first-order chi connectivity index (χ1) is 22.3. The van der Waals surface area contributed by atoms with E-state index in [1.54, 1.807) is 0 Å². The molecule has 0 atom stereocenters. The fourth-order valence-corrected chi connectivity index (χ4v) is 6.93. The van der Waals surface area contributed by atoms with Gasteiger partial charge in [0.25, 0.3) is 0 Å². The molecular formula is C42H26N3Pt+. The number of pyridine rings is 2. The van der Waals surface area contributed by atoms with Crippen molar-refractivity contribution in [2.24, 2.45) is 0 Å². The van der Waals surface area contributed by atoms with Gasteiger partial charge in [-0.25, -0.2) is 9.97 Å². The van der Waals surface area contributed by atoms with Gasteiger partial charge in [-0.2, -0.15) is 4.48 Å². The van der Waals surface area contributed by atoms with Crippen LogP contribution in [-0.2, 0) is 21.1 Å². The molecule has 3 heterocycles. The Balaban J connectivity index is 0.00000312. The molecule has 0 radical (unpaired) electrons. The predicted molar refractivity (Wildman–Crippen MR) is 185 cm³/mol. The molecule has 0 aliphatic carbocycles. The van der Waals surface area contributed by atoms with Crippen LogP contribution in [0.2, 0.25) is 0 Å². The first-order valence-corrected chi connectivity index (χ1v) is 15.2. The number of benzene rings is 6. The van der Waals surface area contributed by atoms with Crippen molar-refractivity contribution in [2.45, 2.75) is 0 Å². The van der Waals surface area contributed by atoms with E-state index in [1.807, 2.05) is 36.4 Å². The number of hydrogen-bond donors (Lipinski definition) is 0. The van der Waals surface area contributed by atoms with Crippen LogP contribution in [0.3, 0.4) is 0 Å². The average molecular weight is 768 g/mol. The Morgan fingerprint density at radius 3 is 1.30 bits per heavy atom. The fourth-order valence-electron chi connectivity index (χ4n) is 6.93. The number of quaternary nitrogens is 1. The number of nitrogens with zero attached hydrogens (tertiary/aromatic N) is 3. The minimum atomic E-state index is 0. The van der Waals surface area contributed by atoms with Gasteiger partial charge in [0.15, 0.2) is 11.4 Å². The van der Waals surface area contributed by atoms with E-state index in [4.69, 9.17) is 9.97 Å². The summed E-state index contributed by atoms with van der Waals surface area (Å²) in [7, 11) is 0. The quantitative estimate of drug-likeness (QED) is 0.132. The molecule has 0 saturated carbocycles. The zero-order valence-corrected chi connectivity index (χ0v) is 26.9. The maximum Gasteiger partial charge on any atom is 2.00 e. The number of fused-ring (bicyclic) bond motifs is 5. The van der Waals surface area contributed by atoms with Gasteiger partial charge in [-0.05, 0) is 33.7 Å². The summed E-state index contributed by atoms with van der Waals surface area (Å²) in [4.78, 5) is 11.2. The molecule has 0 fully saturated rings. The van der Waals surface area contributed by atoms with Gasteiger partial charge >= 0.3 is 21.1 Å². The average Bonchev–Trinajstić information content (AvgIpc) is 3.42. The topological polar surface area (TPSA) is 25.8 Å². The molecule has 1 aliphatic rings. The van der Waals surface area contributed by atoms with E-state index in [2.05, 4.69) is 133 Å². The molecule has 218 valence electrons. The number of hydrogen-bond acceptors (Lipinski definition) is 2. The van der Waals surface area contributed by atoms with Gasteiger partial charge in [-0.15, -0.1) is 71.8 Å². The Morgan fingerprint density at radius 2 is 0.848 bits per heavy atom. The molecule has 0 saturated heterocycles. The third-order valence-electron chi connectivity index (χ3n) is 8.89. The van der Waals surface area contributed by atoms with Crippen LogP contribution in [0.4, 0.5) is 23.0 Å². The minimum Gasteiger partial charge on any atom is -0.245 e. The Hall–Kier alpha value is -5.21. The first kappa shape index (κ1) is 28.3. The molecule has 1 aliphatic heterocycles. The van der Waals surface area contributed by atoms with Crippen LogP contribution >= 0.6 is 0 Å². The maximum atomic E-state index is 5.58. The minimum absolute atomic E-state index is 0. The summed E-state index contributed by atoms with van der Waals surface area (Å²) < 4.78 is 0.252. The van der Waals surface area contributed by atoms with Crippen molar-refractivity contribution in [3.8, 4) is 33.6 Å². The van der Waals surface area contributed by atoms with Crippen molar-refractivity contribution in [3.63, 3.8) is 0 Å². The number of rotatable bonds is 4. The van der Waals surface area contributed by atoms with Gasteiger partial charge in [-0.3, -0.25) is 0 Å². The molecule has 9 rings (SSSR count). The monoisotopic (exact) mass is 767 g/mol. The van der Waals surface area contributed by atoms with E-state index in [1.165, 1.54) is 11.1 Å². The van der Waals surface area contributed by atoms with Gasteiger partial charge < -0.3 is 0 Å². The second kappa shape index (κ2) is 11.3. The second-order valence-electron chi connectivity index (χ2n) is 11.4. The first-order valence-electron chi connectivity index (χ1n) is 15.2. The van der Waals surface area contributed by atoms with Gasteiger partial charge in [0.05, 0.1) is 11.1 Å². The Labute approximate surface area is 282 Å². The molecule has 6 aromatic carbocycles. The van der Waals surface area contributed by atoms with Crippen molar-refractivity contribution in [3.05, 3.63) is 170 Å². The van der Waals surface area contributed by atoms with Crippen LogP contribution in [0.1, 0.15) is 0 Å². The number of para-hydroxylation sites is 2. The third kappa shape index (κ3) is 4.20. The summed E-state index contributed by atoms with van der Waals surface area (Å²) in [6.07, 6.45) is 0. The summed E-state index contributed by atoms with van der Waals surface area (Å²) in [6.45, 7) is 0. The van der Waals surface area contributed by atoms with Crippen molar-refractivity contribution in [1.29, 1.82) is 0 Å². The molecule has 46 heavy (non-hydrogen) atoms. The number of aromatic nitrogens is 2. The largest absolute Gasteiger partial charge is 2.00 e. The zero-order valence-electron chi connectivity index (χ0n) is 24.7. The van der Waals surface area contributed by atoms with Gasteiger partial charge in [0, 0.05) is 35.7 Å². The van der Waals surface area contributed by atoms with Crippen LogP contribution in [0.25, 0.3) is 55.2 Å². The van der Waals surface area contributed by atoms with Crippen LogP contribution in [0.5, 0.6) is 0 Å². The summed E-state index contributed by atoms with van der Waals surface area (Å²) >= 11 is 0. The Bertz CT molecular complexity index is 2220. The van der Waals surface area contributed by atoms with E-state index in [-0.39, 0.29) is 25.5 Å². The van der Waals surface area contributed by atoms with Gasteiger partial charge in [-0.1, -0.05) is 72.8 Å². The molecule has 0 N–H and O–H groups in total. The molecule has 0 amide bonds. The Kier molecular flexibility index (Phi) is 6.95. The molecule has 3 nitrogen and oxygen atoms in total. The summed E-state index contributed by atoms with van der Waals surface area (Å²) in [5.74, 6) is 1.76. The maximum absolute atomic E-state index is 5.58. The van der Waals surface area contributed by atoms with Gasteiger partial charge in [0.1, 0.15) is 0 Å². The summed E-state index contributed by atoms with van der Waals surface area (Å²) in [5, 5.41) is 4.42. The second-order valence-corrected chi connectivity index (χ2v) is 11.4. The van der Waals surface area contributed by atoms with E-state index in [9.17, 15) is 0 Å². The SMILES string of the molecule is [Pt+2].[c-]1ccccc1-c1nc([N+]2(c3cc4ccccc4c(-c4[c-]cccc4)n3)c3ccccc3-c3ccccc32)cc2ccccc12. The Morgan fingerprint density at radius 1 is 0.435 bits per heavy atom. The smallest absolute Gasteiger partial charge is 0.245 e. The van der Waals surface area contributed by atoms with Crippen LogP contribution in [0, 0.1) is 12.1 Å². The van der Waals surface area contributed by atoms with Crippen LogP contribution in [0.15, 0.2) is 158 Å². The molecule has 4 heteroatoms. The summed E-state index contributed by atoms with van der Waals surface area (Å²) in [6, 6.07) is 61.9. The van der Waals surface area contributed by atoms with Crippen molar-refractivity contribution in [1.82, 2.24) is 14.5 Å². The molecule has 0 unspecified atom stereocenters. The molecule has 0 spiro atoms. The zero-order chi connectivity index (χ0) is 29.8. The summed E-state index contributed by atoms with van der Waals surface area (Å²) in [5.41, 5.74) is 8.32. The van der Waals surface area contributed by atoms with E-state index >= 15 is 0 Å². The molecular weight excluding hydrogens is 742 g/mol. The standard InChI is InChI=1S/C42H26N3.Pt/c1-3-15-29(16-4-1)41-33-21-9-7-19-31(33)27-39(43-41)45(37-25-13-11-23-35(37)36-24-12-14-26-38(36)45)40-28-32-20-8-10-22-34(32)42(44-40)30-17-5-2-6-18-30;/h1-15,17,19-28H;/q-1;+2. The van der Waals surface area contributed by atoms with Crippen LogP contribution < -0.4 is 4.48 Å². The molecule has 0 bridgehead atoms. The van der Waals surface area contributed by atoms with E-state index < -0.39 is 0 Å². The van der Waals surface area contributed by atoms with E-state index in [0.29, 0.717) is 0 Å². The third-order valence-corrected chi connectivity index (χ3v) is 8.89. The van der Waals surface area contributed by atoms with Gasteiger partial charge in [0.2, 0.25) is 11.6 Å². The van der Waals surface area contributed by atoms with Crippen molar-refractivity contribution >= 4 is 44.6 Å². The normalized spacial score (nSPS) is 12.8. The van der Waals surface area contributed by atoms with Crippen LogP contribution in [-0.4, -0.2) is 9.97 Å². The molecule has 8 aromatic rings. The van der Waals surface area contributed by atoms with Crippen molar-refractivity contribution in [2.75, 3.05) is 0 Å². The fraction of sp³-hybridized carbons (Fsp3) is 0. The van der Waals surface area contributed by atoms with E-state index in [0.717, 1.165) is 67.1 Å². The molecule has 2 aromatic heterocycles.